The van der Waals surface area contributed by atoms with Crippen LogP contribution in [0.25, 0.3) is 16.9 Å². The highest BCUT2D eigenvalue weighted by atomic mass is 35.5. The van der Waals surface area contributed by atoms with Crippen LogP contribution in [-0.2, 0) is 19.6 Å². The van der Waals surface area contributed by atoms with Gasteiger partial charge in [-0.3, -0.25) is 4.79 Å². The molecule has 0 saturated heterocycles. The monoisotopic (exact) mass is 545 g/mol. The van der Waals surface area contributed by atoms with Gasteiger partial charge >= 0.3 is 0 Å². The van der Waals surface area contributed by atoms with Gasteiger partial charge in [0, 0.05) is 42.5 Å². The van der Waals surface area contributed by atoms with Crippen LogP contribution in [0.2, 0.25) is 5.02 Å². The number of halogens is 1. The van der Waals surface area contributed by atoms with Crippen LogP contribution in [0.4, 0.5) is 0 Å². The number of nitrogens with zero attached hydrogens (tertiary/aromatic N) is 2. The number of nitrogens with one attached hydrogen (secondary N) is 1. The Balaban J connectivity index is 1.17. The number of aromatic nitrogens is 2. The number of Topliss-reactive ketones (excluding diaryl/α,β-unsaturated/α-hetero) is 1. The number of aliphatic hydroxyl groups is 1. The molecule has 1 fully saturated rings. The van der Waals surface area contributed by atoms with Crippen LogP contribution in [0, 0.1) is 5.92 Å². The van der Waals surface area contributed by atoms with E-state index in [-0.39, 0.29) is 12.4 Å². The number of fused-ring (bicyclic) bond motifs is 1. The molecular formula is C32H36ClN3O3. The van der Waals surface area contributed by atoms with E-state index in [2.05, 4.69) is 35.8 Å². The zero-order valence-electron chi connectivity index (χ0n) is 22.6. The summed E-state index contributed by atoms with van der Waals surface area (Å²) in [6.07, 6.45) is 10.4. The molecule has 39 heavy (non-hydrogen) atoms. The van der Waals surface area contributed by atoms with Crippen molar-refractivity contribution in [2.75, 3.05) is 7.11 Å². The van der Waals surface area contributed by atoms with Crippen LogP contribution >= 0.6 is 11.6 Å². The fourth-order valence-electron chi connectivity index (χ4n) is 5.58. The van der Waals surface area contributed by atoms with Crippen molar-refractivity contribution in [2.24, 2.45) is 5.92 Å². The van der Waals surface area contributed by atoms with Crippen molar-refractivity contribution in [1.29, 1.82) is 0 Å². The first kappa shape index (κ1) is 27.4. The van der Waals surface area contributed by atoms with Crippen molar-refractivity contribution in [2.45, 2.75) is 64.6 Å². The van der Waals surface area contributed by atoms with E-state index in [0.29, 0.717) is 29.2 Å². The average Bonchev–Trinajstić information content (AvgIpc) is 3.40. The molecule has 0 spiro atoms. The Labute approximate surface area is 235 Å². The highest BCUT2D eigenvalue weighted by molar-refractivity contribution is 6.32. The van der Waals surface area contributed by atoms with Crippen molar-refractivity contribution in [3.8, 4) is 17.0 Å². The van der Waals surface area contributed by atoms with Gasteiger partial charge in [-0.15, -0.1) is 0 Å². The van der Waals surface area contributed by atoms with E-state index in [1.165, 1.54) is 36.8 Å². The van der Waals surface area contributed by atoms with Gasteiger partial charge in [-0.25, -0.2) is 4.98 Å². The van der Waals surface area contributed by atoms with Crippen LogP contribution in [0.1, 0.15) is 66.1 Å². The second-order valence-corrected chi connectivity index (χ2v) is 10.9. The molecule has 1 saturated carbocycles. The first-order valence-corrected chi connectivity index (χ1v) is 14.2. The summed E-state index contributed by atoms with van der Waals surface area (Å²) in [6.45, 7) is 2.62. The van der Waals surface area contributed by atoms with E-state index in [1.807, 2.05) is 35.7 Å². The predicted molar refractivity (Wildman–Crippen MR) is 155 cm³/mol. The molecular weight excluding hydrogens is 510 g/mol. The van der Waals surface area contributed by atoms with Crippen LogP contribution in [-0.4, -0.2) is 33.4 Å². The Hall–Kier alpha value is -3.19. The number of benzene rings is 2. The van der Waals surface area contributed by atoms with Crippen molar-refractivity contribution >= 4 is 23.0 Å². The number of pyridine rings is 1. The molecule has 2 heterocycles. The fourth-order valence-corrected chi connectivity index (χ4v) is 5.82. The summed E-state index contributed by atoms with van der Waals surface area (Å²) in [6, 6.07) is 16.5. The molecule has 0 radical (unpaired) electrons. The lowest BCUT2D eigenvalue weighted by Gasteiger charge is -2.29. The van der Waals surface area contributed by atoms with Gasteiger partial charge in [0.25, 0.3) is 0 Å². The number of ether oxygens (including phenoxy) is 1. The van der Waals surface area contributed by atoms with Crippen LogP contribution in [0.3, 0.4) is 0 Å². The molecule has 5 rings (SSSR count). The molecule has 4 aromatic rings. The number of methoxy groups -OCH3 is 1. The van der Waals surface area contributed by atoms with Gasteiger partial charge in [-0.2, -0.15) is 0 Å². The molecule has 0 bridgehead atoms. The lowest BCUT2D eigenvalue weighted by molar-refractivity contribution is 0.0988. The summed E-state index contributed by atoms with van der Waals surface area (Å²) in [7, 11) is 1.57. The molecule has 0 atom stereocenters. The maximum atomic E-state index is 11.8. The topological polar surface area (TPSA) is 75.9 Å². The highest BCUT2D eigenvalue weighted by Gasteiger charge is 2.21. The number of imidazole rings is 1. The number of carbonyl (C=O) groups excluding carboxylic acids is 1. The summed E-state index contributed by atoms with van der Waals surface area (Å²) in [5.74, 6) is 1.40. The van der Waals surface area contributed by atoms with Gasteiger partial charge in [-0.05, 0) is 79.0 Å². The Morgan fingerprint density at radius 2 is 1.87 bits per heavy atom. The summed E-state index contributed by atoms with van der Waals surface area (Å²) >= 11 is 6.37. The van der Waals surface area contributed by atoms with Gasteiger partial charge in [0.05, 0.1) is 24.4 Å². The number of hydrogen-bond acceptors (Lipinski definition) is 5. The van der Waals surface area contributed by atoms with E-state index in [0.717, 1.165) is 41.0 Å². The van der Waals surface area contributed by atoms with Crippen LogP contribution in [0.5, 0.6) is 5.75 Å². The van der Waals surface area contributed by atoms with Crippen molar-refractivity contribution in [1.82, 2.24) is 14.7 Å². The van der Waals surface area contributed by atoms with E-state index in [4.69, 9.17) is 21.3 Å². The molecule has 204 valence electrons. The average molecular weight is 546 g/mol. The van der Waals surface area contributed by atoms with Gasteiger partial charge in [-0.1, -0.05) is 42.8 Å². The van der Waals surface area contributed by atoms with E-state index < -0.39 is 0 Å². The number of ketones is 1. The smallest absolute Gasteiger partial charge is 0.162 e. The molecule has 2 aromatic heterocycles. The molecule has 1 aliphatic carbocycles. The van der Waals surface area contributed by atoms with Gasteiger partial charge in [0.2, 0.25) is 0 Å². The first-order valence-electron chi connectivity index (χ1n) is 13.8. The van der Waals surface area contributed by atoms with Crippen LogP contribution in [0.15, 0.2) is 60.9 Å². The molecule has 0 unspecified atom stereocenters. The van der Waals surface area contributed by atoms with Crippen LogP contribution < -0.4 is 10.1 Å². The third-order valence-electron chi connectivity index (χ3n) is 7.91. The zero-order chi connectivity index (χ0) is 27.4. The van der Waals surface area contributed by atoms with Gasteiger partial charge in [0.1, 0.15) is 11.4 Å². The quantitative estimate of drug-likeness (QED) is 0.218. The second-order valence-electron chi connectivity index (χ2n) is 10.5. The Morgan fingerprint density at radius 3 is 2.56 bits per heavy atom. The number of aliphatic hydroxyl groups excluding tert-OH is 1. The first-order chi connectivity index (χ1) is 19.0. The predicted octanol–water partition coefficient (Wildman–Crippen LogP) is 6.64. The van der Waals surface area contributed by atoms with Crippen molar-refractivity contribution < 1.29 is 14.6 Å². The lowest BCUT2D eigenvalue weighted by atomic mass is 9.82. The third kappa shape index (κ3) is 6.35. The molecule has 0 amide bonds. The Bertz CT molecular complexity index is 1440. The fraction of sp³-hybridized carbons (Fsp3) is 0.375. The molecule has 2 aromatic carbocycles. The molecule has 1 aliphatic rings. The minimum Gasteiger partial charge on any atom is -0.495 e. The SMILES string of the molecule is CCC(=O)c1ccc(CNC2CCC(Cc3ccn4cc(-c5cc(Cl)c(OC)cc5CO)nc4c3)CC2)cc1. The number of hydrogen-bond donors (Lipinski definition) is 2. The molecule has 2 N–H and O–H groups in total. The maximum Gasteiger partial charge on any atom is 0.162 e. The zero-order valence-corrected chi connectivity index (χ0v) is 23.4. The lowest BCUT2D eigenvalue weighted by Crippen LogP contribution is -2.33. The second kappa shape index (κ2) is 12.3. The van der Waals surface area contributed by atoms with Gasteiger partial charge in [0.15, 0.2) is 5.78 Å². The Morgan fingerprint density at radius 1 is 1.10 bits per heavy atom. The highest BCUT2D eigenvalue weighted by Crippen LogP contribution is 2.34. The largest absolute Gasteiger partial charge is 0.495 e. The summed E-state index contributed by atoms with van der Waals surface area (Å²) < 4.78 is 7.31. The number of rotatable bonds is 10. The third-order valence-corrected chi connectivity index (χ3v) is 8.21. The molecule has 6 nitrogen and oxygen atoms in total. The van der Waals surface area contributed by atoms with E-state index >= 15 is 0 Å². The van der Waals surface area contributed by atoms with E-state index in [9.17, 15) is 9.90 Å². The van der Waals surface area contributed by atoms with Crippen molar-refractivity contribution in [3.63, 3.8) is 0 Å². The number of carbonyl (C=O) groups is 1. The standard InChI is InChI=1S/C32H36ClN3O3/c1-3-30(38)24-8-4-22(5-9-24)18-34-26-10-6-21(7-11-26)14-23-12-13-36-19-29(35-32(36)15-23)27-17-28(33)31(39-2)16-25(27)20-37/h4-5,8-9,12-13,15-17,19,21,26,34,37H,3,6-7,10-11,14,18,20H2,1-2H3. The summed E-state index contributed by atoms with van der Waals surface area (Å²) in [5, 5.41) is 14.1. The summed E-state index contributed by atoms with van der Waals surface area (Å²) in [4.78, 5) is 16.7. The summed E-state index contributed by atoms with van der Waals surface area (Å²) in [5.41, 5.74) is 6.53. The normalized spacial score (nSPS) is 17.4. The van der Waals surface area contributed by atoms with Gasteiger partial charge < -0.3 is 19.6 Å². The molecule has 7 heteroatoms. The minimum atomic E-state index is -0.119. The Kier molecular flexibility index (Phi) is 8.66. The van der Waals surface area contributed by atoms with Crippen molar-refractivity contribution in [3.05, 3.63) is 88.2 Å². The maximum absolute atomic E-state index is 11.8. The molecule has 0 aliphatic heterocycles. The minimum absolute atomic E-state index is 0.119. The van der Waals surface area contributed by atoms with E-state index in [1.54, 1.807) is 13.2 Å².